The SMILES string of the molecule is N=C(N)c1cnn(C2CCCC2)c1. The van der Waals surface area contributed by atoms with E-state index in [2.05, 4.69) is 5.10 Å². The van der Waals surface area contributed by atoms with E-state index in [1.807, 2.05) is 10.9 Å². The Morgan fingerprint density at radius 3 is 2.77 bits per heavy atom. The number of hydrogen-bond donors (Lipinski definition) is 2. The van der Waals surface area contributed by atoms with Crippen molar-refractivity contribution in [1.29, 1.82) is 5.41 Å². The number of rotatable bonds is 2. The summed E-state index contributed by atoms with van der Waals surface area (Å²) >= 11 is 0. The van der Waals surface area contributed by atoms with Gasteiger partial charge in [0.15, 0.2) is 0 Å². The van der Waals surface area contributed by atoms with Crippen LogP contribution in [0.2, 0.25) is 0 Å². The van der Waals surface area contributed by atoms with Crippen LogP contribution in [0.5, 0.6) is 0 Å². The van der Waals surface area contributed by atoms with Gasteiger partial charge in [-0.25, -0.2) is 0 Å². The normalized spacial score (nSPS) is 17.8. The average Bonchev–Trinajstić information content (AvgIpc) is 2.75. The Hall–Kier alpha value is -1.32. The Bertz CT molecular complexity index is 309. The monoisotopic (exact) mass is 178 g/mol. The first-order chi connectivity index (χ1) is 6.27. The van der Waals surface area contributed by atoms with Crippen molar-refractivity contribution in [1.82, 2.24) is 9.78 Å². The van der Waals surface area contributed by atoms with Gasteiger partial charge in [-0.3, -0.25) is 10.1 Å². The summed E-state index contributed by atoms with van der Waals surface area (Å²) in [6.45, 7) is 0. The molecule has 0 aliphatic heterocycles. The fourth-order valence-electron chi connectivity index (χ4n) is 1.85. The molecule has 0 amide bonds. The van der Waals surface area contributed by atoms with Crippen LogP contribution < -0.4 is 5.73 Å². The highest BCUT2D eigenvalue weighted by Gasteiger charge is 2.17. The van der Waals surface area contributed by atoms with E-state index >= 15 is 0 Å². The maximum atomic E-state index is 7.24. The minimum absolute atomic E-state index is 0.101. The topological polar surface area (TPSA) is 67.7 Å². The molecule has 1 saturated carbocycles. The van der Waals surface area contributed by atoms with E-state index in [1.54, 1.807) is 6.20 Å². The lowest BCUT2D eigenvalue weighted by molar-refractivity contribution is 0.467. The van der Waals surface area contributed by atoms with E-state index in [1.165, 1.54) is 25.7 Å². The Morgan fingerprint density at radius 2 is 2.23 bits per heavy atom. The third-order valence-electron chi connectivity index (χ3n) is 2.61. The van der Waals surface area contributed by atoms with Crippen molar-refractivity contribution >= 4 is 5.84 Å². The summed E-state index contributed by atoms with van der Waals surface area (Å²) in [5, 5.41) is 11.5. The molecule has 0 bridgehead atoms. The van der Waals surface area contributed by atoms with Crippen LogP contribution in [0, 0.1) is 5.41 Å². The zero-order valence-corrected chi connectivity index (χ0v) is 7.53. The maximum Gasteiger partial charge on any atom is 0.125 e. The summed E-state index contributed by atoms with van der Waals surface area (Å²) in [5.41, 5.74) is 6.08. The third-order valence-corrected chi connectivity index (χ3v) is 2.61. The van der Waals surface area contributed by atoms with Crippen LogP contribution in [0.25, 0.3) is 0 Å². The molecule has 1 heterocycles. The van der Waals surface area contributed by atoms with Crippen molar-refractivity contribution in [3.8, 4) is 0 Å². The molecule has 0 saturated heterocycles. The smallest absolute Gasteiger partial charge is 0.125 e. The van der Waals surface area contributed by atoms with Crippen molar-refractivity contribution in [2.24, 2.45) is 5.73 Å². The number of nitrogen functional groups attached to an aromatic ring is 1. The first kappa shape index (κ1) is 8.29. The summed E-state index contributed by atoms with van der Waals surface area (Å²) < 4.78 is 1.95. The molecule has 0 unspecified atom stereocenters. The molecule has 4 heteroatoms. The van der Waals surface area contributed by atoms with Gasteiger partial charge in [0.25, 0.3) is 0 Å². The Balaban J connectivity index is 2.16. The zero-order valence-electron chi connectivity index (χ0n) is 7.53. The van der Waals surface area contributed by atoms with E-state index in [0.717, 1.165) is 5.56 Å². The van der Waals surface area contributed by atoms with Gasteiger partial charge in [0.2, 0.25) is 0 Å². The van der Waals surface area contributed by atoms with Crippen LogP contribution in [-0.4, -0.2) is 15.6 Å². The second-order valence-electron chi connectivity index (χ2n) is 3.56. The van der Waals surface area contributed by atoms with E-state index in [-0.39, 0.29) is 5.84 Å². The first-order valence-electron chi connectivity index (χ1n) is 4.66. The predicted molar refractivity (Wildman–Crippen MR) is 50.7 cm³/mol. The van der Waals surface area contributed by atoms with Crippen molar-refractivity contribution in [3.05, 3.63) is 18.0 Å². The van der Waals surface area contributed by atoms with Gasteiger partial charge in [-0.15, -0.1) is 0 Å². The van der Waals surface area contributed by atoms with Gasteiger partial charge in [-0.2, -0.15) is 5.10 Å². The Labute approximate surface area is 77.2 Å². The molecule has 0 atom stereocenters. The molecular formula is C9H14N4. The van der Waals surface area contributed by atoms with E-state index in [4.69, 9.17) is 11.1 Å². The second-order valence-corrected chi connectivity index (χ2v) is 3.56. The van der Waals surface area contributed by atoms with Gasteiger partial charge < -0.3 is 5.73 Å². The van der Waals surface area contributed by atoms with Crippen LogP contribution in [0.1, 0.15) is 37.3 Å². The molecule has 0 aromatic carbocycles. The van der Waals surface area contributed by atoms with Gasteiger partial charge in [-0.1, -0.05) is 12.8 Å². The van der Waals surface area contributed by atoms with E-state index in [0.29, 0.717) is 6.04 Å². The summed E-state index contributed by atoms with van der Waals surface area (Å²) in [5.74, 6) is 0.101. The van der Waals surface area contributed by atoms with Crippen molar-refractivity contribution < 1.29 is 0 Å². The second kappa shape index (κ2) is 3.20. The fraction of sp³-hybridized carbons (Fsp3) is 0.556. The average molecular weight is 178 g/mol. The first-order valence-corrected chi connectivity index (χ1v) is 4.66. The molecule has 3 N–H and O–H groups in total. The van der Waals surface area contributed by atoms with Crippen LogP contribution in [0.4, 0.5) is 0 Å². The molecule has 70 valence electrons. The molecule has 1 aromatic heterocycles. The lowest BCUT2D eigenvalue weighted by Crippen LogP contribution is -2.10. The largest absolute Gasteiger partial charge is 0.384 e. The third kappa shape index (κ3) is 1.56. The molecule has 1 fully saturated rings. The minimum Gasteiger partial charge on any atom is -0.384 e. The number of nitrogens with zero attached hydrogens (tertiary/aromatic N) is 2. The molecule has 13 heavy (non-hydrogen) atoms. The molecule has 1 aliphatic rings. The van der Waals surface area contributed by atoms with E-state index in [9.17, 15) is 0 Å². The van der Waals surface area contributed by atoms with Gasteiger partial charge in [-0.05, 0) is 12.8 Å². The number of aromatic nitrogens is 2. The quantitative estimate of drug-likeness (QED) is 0.529. The number of amidine groups is 1. The number of nitrogens with two attached hydrogens (primary N) is 1. The lowest BCUT2D eigenvalue weighted by atomic mass is 10.2. The van der Waals surface area contributed by atoms with Gasteiger partial charge in [0.05, 0.1) is 17.8 Å². The minimum atomic E-state index is 0.101. The van der Waals surface area contributed by atoms with Crippen molar-refractivity contribution in [2.45, 2.75) is 31.7 Å². The lowest BCUT2D eigenvalue weighted by Gasteiger charge is -2.08. The molecule has 4 nitrogen and oxygen atoms in total. The number of nitrogens with one attached hydrogen (secondary N) is 1. The van der Waals surface area contributed by atoms with Crippen molar-refractivity contribution in [2.75, 3.05) is 0 Å². The fourth-order valence-corrected chi connectivity index (χ4v) is 1.85. The Morgan fingerprint density at radius 1 is 1.54 bits per heavy atom. The Kier molecular flexibility index (Phi) is 2.04. The van der Waals surface area contributed by atoms with Crippen molar-refractivity contribution in [3.63, 3.8) is 0 Å². The summed E-state index contributed by atoms with van der Waals surface area (Å²) in [6.07, 6.45) is 8.54. The van der Waals surface area contributed by atoms with E-state index < -0.39 is 0 Å². The maximum absolute atomic E-state index is 7.24. The highest BCUT2D eigenvalue weighted by atomic mass is 15.3. The zero-order chi connectivity index (χ0) is 9.26. The highest BCUT2D eigenvalue weighted by Crippen LogP contribution is 2.28. The molecule has 0 spiro atoms. The van der Waals surface area contributed by atoms with Gasteiger partial charge >= 0.3 is 0 Å². The summed E-state index contributed by atoms with van der Waals surface area (Å²) in [7, 11) is 0. The molecule has 0 radical (unpaired) electrons. The van der Waals surface area contributed by atoms with Crippen LogP contribution in [0.3, 0.4) is 0 Å². The van der Waals surface area contributed by atoms with Crippen LogP contribution >= 0.6 is 0 Å². The molecule has 1 aromatic rings. The van der Waals surface area contributed by atoms with Crippen LogP contribution in [-0.2, 0) is 0 Å². The highest BCUT2D eigenvalue weighted by molar-refractivity contribution is 5.94. The standard InChI is InChI=1S/C9H14N4/c10-9(11)7-5-12-13(6-7)8-3-1-2-4-8/h5-6,8H,1-4H2,(H3,10,11). The summed E-state index contributed by atoms with van der Waals surface area (Å²) in [6, 6.07) is 0.535. The molecular weight excluding hydrogens is 164 g/mol. The number of hydrogen-bond acceptors (Lipinski definition) is 2. The van der Waals surface area contributed by atoms with Crippen LogP contribution in [0.15, 0.2) is 12.4 Å². The van der Waals surface area contributed by atoms with Gasteiger partial charge in [0.1, 0.15) is 5.84 Å². The summed E-state index contributed by atoms with van der Waals surface area (Å²) in [4.78, 5) is 0. The molecule has 2 rings (SSSR count). The van der Waals surface area contributed by atoms with Gasteiger partial charge in [0, 0.05) is 6.20 Å². The predicted octanol–water partition coefficient (Wildman–Crippen LogP) is 1.28. The molecule has 1 aliphatic carbocycles.